The Hall–Kier alpha value is -2.16. The highest BCUT2D eigenvalue weighted by Gasteiger charge is 2.14. The third-order valence-electron chi connectivity index (χ3n) is 2.99. The Labute approximate surface area is 147 Å². The largest absolute Gasteiger partial charge is 0.468 e. The molecule has 0 aliphatic heterocycles. The summed E-state index contributed by atoms with van der Waals surface area (Å²) in [6.07, 6.45) is 1.49. The highest BCUT2D eigenvalue weighted by atomic mass is 32.2. The van der Waals surface area contributed by atoms with Crippen molar-refractivity contribution >= 4 is 33.0 Å². The number of rotatable bonds is 7. The van der Waals surface area contributed by atoms with Gasteiger partial charge >= 0.3 is 0 Å². The van der Waals surface area contributed by atoms with Gasteiger partial charge in [-0.25, -0.2) is 13.1 Å². The van der Waals surface area contributed by atoms with Gasteiger partial charge in [-0.2, -0.15) is 0 Å². The summed E-state index contributed by atoms with van der Waals surface area (Å²) in [6, 6.07) is 9.72. The molecule has 0 unspecified atom stereocenters. The van der Waals surface area contributed by atoms with E-state index in [1.54, 1.807) is 24.3 Å². The smallest absolute Gasteiger partial charge is 0.240 e. The monoisotopic (exact) mass is 365 g/mol. The quantitative estimate of drug-likeness (QED) is 0.517. The normalized spacial score (nSPS) is 11.0. The molecule has 24 heavy (non-hydrogen) atoms. The second-order valence-electron chi connectivity index (χ2n) is 5.19. The molecule has 3 N–H and O–H groups in total. The number of thiocarbonyl (C=S) groups is 1. The molecule has 0 atom stereocenters. The first-order valence-corrected chi connectivity index (χ1v) is 9.07. The van der Waals surface area contributed by atoms with E-state index in [0.717, 1.165) is 5.57 Å². The van der Waals surface area contributed by atoms with Crippen LogP contribution in [0.2, 0.25) is 0 Å². The predicted molar refractivity (Wildman–Crippen MR) is 98.2 cm³/mol. The average Bonchev–Trinajstić information content (AvgIpc) is 3.05. The molecular formula is C16H19N3O3S2. The van der Waals surface area contributed by atoms with Crippen molar-refractivity contribution in [2.45, 2.75) is 18.4 Å². The van der Waals surface area contributed by atoms with Crippen LogP contribution in [0, 0.1) is 0 Å². The van der Waals surface area contributed by atoms with Gasteiger partial charge in [-0.15, -0.1) is 0 Å². The third kappa shape index (κ3) is 5.48. The molecule has 6 nitrogen and oxygen atoms in total. The van der Waals surface area contributed by atoms with Crippen molar-refractivity contribution in [3.8, 4) is 0 Å². The van der Waals surface area contributed by atoms with Crippen LogP contribution in [-0.4, -0.2) is 20.1 Å². The molecule has 2 rings (SSSR count). The van der Waals surface area contributed by atoms with Crippen LogP contribution in [0.4, 0.5) is 5.69 Å². The first-order valence-electron chi connectivity index (χ1n) is 7.18. The van der Waals surface area contributed by atoms with Crippen LogP contribution in [-0.2, 0) is 16.6 Å². The zero-order valence-electron chi connectivity index (χ0n) is 13.2. The van der Waals surface area contributed by atoms with E-state index < -0.39 is 10.0 Å². The molecule has 0 bridgehead atoms. The minimum atomic E-state index is -3.60. The first kappa shape index (κ1) is 18.2. The second-order valence-corrected chi connectivity index (χ2v) is 7.37. The minimum Gasteiger partial charge on any atom is -0.468 e. The zero-order chi connectivity index (χ0) is 17.6. The summed E-state index contributed by atoms with van der Waals surface area (Å²) in [7, 11) is -3.60. The Morgan fingerprint density at radius 1 is 1.25 bits per heavy atom. The highest BCUT2D eigenvalue weighted by molar-refractivity contribution is 7.89. The molecule has 0 amide bonds. The molecule has 2 aromatic rings. The Bertz CT molecular complexity index is 798. The number of furan rings is 1. The van der Waals surface area contributed by atoms with E-state index >= 15 is 0 Å². The van der Waals surface area contributed by atoms with Crippen LogP contribution in [0.5, 0.6) is 0 Å². The summed E-state index contributed by atoms with van der Waals surface area (Å²) < 4.78 is 32.0. The van der Waals surface area contributed by atoms with Gasteiger partial charge in [-0.05, 0) is 55.5 Å². The summed E-state index contributed by atoms with van der Waals surface area (Å²) in [6.45, 7) is 6.35. The standard InChI is InChI=1S/C16H19N3O3S2/c1-12(2)10-17-16(23)19-13-5-7-15(8-6-13)24(20,21)18-11-14-4-3-9-22-14/h3-9,18H,1,10-11H2,2H3,(H2,17,19,23). The van der Waals surface area contributed by atoms with E-state index in [0.29, 0.717) is 23.1 Å². The molecule has 0 radical (unpaired) electrons. The summed E-state index contributed by atoms with van der Waals surface area (Å²) in [5.41, 5.74) is 1.66. The van der Waals surface area contributed by atoms with E-state index in [1.807, 2.05) is 6.92 Å². The number of nitrogens with one attached hydrogen (secondary N) is 3. The molecule has 0 aliphatic rings. The molecule has 128 valence electrons. The van der Waals surface area contributed by atoms with E-state index in [1.165, 1.54) is 18.4 Å². The molecule has 0 saturated carbocycles. The fraction of sp³-hybridized carbons (Fsp3) is 0.188. The molecule has 0 saturated heterocycles. The molecule has 1 aromatic heterocycles. The van der Waals surface area contributed by atoms with E-state index in [2.05, 4.69) is 21.9 Å². The van der Waals surface area contributed by atoms with Crippen molar-refractivity contribution in [1.29, 1.82) is 0 Å². The van der Waals surface area contributed by atoms with Gasteiger partial charge in [0.15, 0.2) is 5.11 Å². The van der Waals surface area contributed by atoms with Crippen LogP contribution >= 0.6 is 12.2 Å². The van der Waals surface area contributed by atoms with Crippen LogP contribution in [0.1, 0.15) is 12.7 Å². The van der Waals surface area contributed by atoms with Gasteiger partial charge in [-0.3, -0.25) is 0 Å². The lowest BCUT2D eigenvalue weighted by atomic mass is 10.3. The van der Waals surface area contributed by atoms with E-state index in [-0.39, 0.29) is 11.4 Å². The zero-order valence-corrected chi connectivity index (χ0v) is 14.8. The van der Waals surface area contributed by atoms with Crippen molar-refractivity contribution in [1.82, 2.24) is 10.0 Å². The highest BCUT2D eigenvalue weighted by Crippen LogP contribution is 2.14. The lowest BCUT2D eigenvalue weighted by Gasteiger charge is -2.11. The van der Waals surface area contributed by atoms with Gasteiger partial charge in [0, 0.05) is 12.2 Å². The maximum Gasteiger partial charge on any atom is 0.240 e. The fourth-order valence-electron chi connectivity index (χ4n) is 1.79. The lowest BCUT2D eigenvalue weighted by Crippen LogP contribution is -2.29. The van der Waals surface area contributed by atoms with Crippen molar-refractivity contribution in [2.24, 2.45) is 0 Å². The molecule has 1 aromatic carbocycles. The molecule has 0 spiro atoms. The first-order chi connectivity index (χ1) is 11.4. The Balaban J connectivity index is 1.95. The van der Waals surface area contributed by atoms with Crippen molar-refractivity contribution in [2.75, 3.05) is 11.9 Å². The summed E-state index contributed by atoms with van der Waals surface area (Å²) in [5.74, 6) is 0.547. The number of anilines is 1. The van der Waals surface area contributed by atoms with Gasteiger partial charge in [0.1, 0.15) is 5.76 Å². The van der Waals surface area contributed by atoms with Gasteiger partial charge in [0.25, 0.3) is 0 Å². The molecular weight excluding hydrogens is 346 g/mol. The van der Waals surface area contributed by atoms with Crippen LogP contribution in [0.15, 0.2) is 64.1 Å². The Morgan fingerprint density at radius 2 is 1.96 bits per heavy atom. The van der Waals surface area contributed by atoms with Crippen molar-refractivity contribution in [3.05, 3.63) is 60.6 Å². The lowest BCUT2D eigenvalue weighted by molar-refractivity contribution is 0.498. The number of sulfonamides is 1. The average molecular weight is 365 g/mol. The summed E-state index contributed by atoms with van der Waals surface area (Å²) in [5, 5.41) is 6.42. The number of hydrogen-bond donors (Lipinski definition) is 3. The molecule has 0 aliphatic carbocycles. The van der Waals surface area contributed by atoms with E-state index in [4.69, 9.17) is 16.6 Å². The molecule has 0 fully saturated rings. The topological polar surface area (TPSA) is 83.4 Å². The van der Waals surface area contributed by atoms with Crippen molar-refractivity contribution < 1.29 is 12.8 Å². The number of benzene rings is 1. The van der Waals surface area contributed by atoms with Crippen LogP contribution in [0.3, 0.4) is 0 Å². The molecule has 8 heteroatoms. The SMILES string of the molecule is C=C(C)CNC(=S)Nc1ccc(S(=O)(=O)NCc2ccco2)cc1. The third-order valence-corrected chi connectivity index (χ3v) is 4.65. The second kappa shape index (κ2) is 8.09. The van der Waals surface area contributed by atoms with E-state index in [9.17, 15) is 8.42 Å². The maximum absolute atomic E-state index is 12.2. The van der Waals surface area contributed by atoms with Crippen molar-refractivity contribution in [3.63, 3.8) is 0 Å². The fourth-order valence-corrected chi connectivity index (χ4v) is 2.97. The predicted octanol–water partition coefficient (Wildman–Crippen LogP) is 2.62. The minimum absolute atomic E-state index is 0.101. The van der Waals surface area contributed by atoms with Gasteiger partial charge in [-0.1, -0.05) is 12.2 Å². The maximum atomic E-state index is 12.2. The summed E-state index contributed by atoms with van der Waals surface area (Å²) >= 11 is 5.14. The van der Waals surface area contributed by atoms with Crippen LogP contribution in [0.25, 0.3) is 0 Å². The van der Waals surface area contributed by atoms with Gasteiger partial charge in [0.05, 0.1) is 17.7 Å². The Morgan fingerprint density at radius 3 is 2.54 bits per heavy atom. The Kier molecular flexibility index (Phi) is 6.13. The van der Waals surface area contributed by atoms with Gasteiger partial charge in [0.2, 0.25) is 10.0 Å². The van der Waals surface area contributed by atoms with Gasteiger partial charge < -0.3 is 15.1 Å². The summed E-state index contributed by atoms with van der Waals surface area (Å²) in [4.78, 5) is 0.167. The van der Waals surface area contributed by atoms with Crippen LogP contribution < -0.4 is 15.4 Å². The number of hydrogen-bond acceptors (Lipinski definition) is 4. The molecule has 1 heterocycles.